The van der Waals surface area contributed by atoms with Crippen LogP contribution in [-0.2, 0) is 6.54 Å². The van der Waals surface area contributed by atoms with E-state index in [4.69, 9.17) is 11.6 Å². The molecular weight excluding hydrogens is 256 g/mol. The summed E-state index contributed by atoms with van der Waals surface area (Å²) in [5.41, 5.74) is 1.22. The van der Waals surface area contributed by atoms with Crippen molar-refractivity contribution in [3.05, 3.63) is 34.9 Å². The van der Waals surface area contributed by atoms with Crippen molar-refractivity contribution in [2.24, 2.45) is 0 Å². The van der Waals surface area contributed by atoms with E-state index in [1.165, 1.54) is 37.7 Å². The van der Waals surface area contributed by atoms with Crippen molar-refractivity contribution in [3.8, 4) is 0 Å². The lowest BCUT2D eigenvalue weighted by Crippen LogP contribution is -2.29. The van der Waals surface area contributed by atoms with Crippen LogP contribution in [0.25, 0.3) is 0 Å². The molecule has 3 heteroatoms. The molecule has 0 heterocycles. The zero-order valence-corrected chi connectivity index (χ0v) is 12.6. The van der Waals surface area contributed by atoms with Gasteiger partial charge >= 0.3 is 0 Å². The second-order valence-corrected chi connectivity index (χ2v) is 6.03. The first-order valence-corrected chi connectivity index (χ1v) is 7.79. The predicted octanol–water partition coefficient (Wildman–Crippen LogP) is 3.69. The molecule has 0 aromatic heterocycles. The second-order valence-electron chi connectivity index (χ2n) is 5.62. The summed E-state index contributed by atoms with van der Waals surface area (Å²) >= 11 is 6.18. The quantitative estimate of drug-likeness (QED) is 0.766. The Morgan fingerprint density at radius 3 is 2.74 bits per heavy atom. The van der Waals surface area contributed by atoms with Crippen LogP contribution < -0.4 is 5.32 Å². The van der Waals surface area contributed by atoms with Gasteiger partial charge in [-0.05, 0) is 51.0 Å². The molecule has 2 nitrogen and oxygen atoms in total. The molecule has 2 rings (SSSR count). The van der Waals surface area contributed by atoms with Gasteiger partial charge in [0.25, 0.3) is 0 Å². The van der Waals surface area contributed by atoms with E-state index < -0.39 is 0 Å². The largest absolute Gasteiger partial charge is 0.314 e. The Balaban J connectivity index is 1.61. The fourth-order valence-corrected chi connectivity index (χ4v) is 2.98. The van der Waals surface area contributed by atoms with Crippen LogP contribution in [0, 0.1) is 0 Å². The van der Waals surface area contributed by atoms with E-state index >= 15 is 0 Å². The van der Waals surface area contributed by atoms with Crippen molar-refractivity contribution >= 4 is 11.6 Å². The van der Waals surface area contributed by atoms with Crippen molar-refractivity contribution in [1.29, 1.82) is 0 Å². The number of rotatable bonds is 7. The molecule has 1 aliphatic rings. The highest BCUT2D eigenvalue weighted by molar-refractivity contribution is 6.31. The average molecular weight is 281 g/mol. The van der Waals surface area contributed by atoms with Crippen LogP contribution in [0.5, 0.6) is 0 Å². The standard InChI is InChI=1S/C16H25ClN2/c1-19(13-14-7-2-5-10-16(14)17)12-6-11-18-15-8-3-4-9-15/h2,5,7,10,15,18H,3-4,6,8-9,11-13H2,1H3. The fourth-order valence-electron chi connectivity index (χ4n) is 2.78. The predicted molar refractivity (Wildman–Crippen MR) is 82.7 cm³/mol. The number of halogens is 1. The van der Waals surface area contributed by atoms with E-state index in [-0.39, 0.29) is 0 Å². The van der Waals surface area contributed by atoms with E-state index in [1.807, 2.05) is 12.1 Å². The van der Waals surface area contributed by atoms with Crippen LogP contribution in [0.4, 0.5) is 0 Å². The molecule has 1 aromatic rings. The zero-order chi connectivity index (χ0) is 13.5. The first-order chi connectivity index (χ1) is 9.25. The summed E-state index contributed by atoms with van der Waals surface area (Å²) in [6.45, 7) is 3.19. The molecule has 1 aliphatic carbocycles. The number of hydrogen-bond donors (Lipinski definition) is 1. The molecule has 0 amide bonds. The van der Waals surface area contributed by atoms with Gasteiger partial charge in [-0.3, -0.25) is 0 Å². The Morgan fingerprint density at radius 1 is 1.26 bits per heavy atom. The molecule has 1 N–H and O–H groups in total. The highest BCUT2D eigenvalue weighted by Gasteiger charge is 2.13. The van der Waals surface area contributed by atoms with Crippen LogP contribution >= 0.6 is 11.6 Å². The third kappa shape index (κ3) is 5.13. The minimum absolute atomic E-state index is 0.786. The maximum atomic E-state index is 6.18. The smallest absolute Gasteiger partial charge is 0.0451 e. The minimum Gasteiger partial charge on any atom is -0.314 e. The van der Waals surface area contributed by atoms with Crippen LogP contribution in [0.3, 0.4) is 0 Å². The van der Waals surface area contributed by atoms with Crippen molar-refractivity contribution in [2.75, 3.05) is 20.1 Å². The Morgan fingerprint density at radius 2 is 2.00 bits per heavy atom. The Kier molecular flexibility index (Phi) is 6.15. The summed E-state index contributed by atoms with van der Waals surface area (Å²) in [5, 5.41) is 4.53. The lowest BCUT2D eigenvalue weighted by molar-refractivity contribution is 0.316. The van der Waals surface area contributed by atoms with Gasteiger partial charge in [-0.1, -0.05) is 42.6 Å². The monoisotopic (exact) mass is 280 g/mol. The molecule has 1 aromatic carbocycles. The molecule has 0 aliphatic heterocycles. The van der Waals surface area contributed by atoms with Crippen molar-refractivity contribution in [3.63, 3.8) is 0 Å². The van der Waals surface area contributed by atoms with Gasteiger partial charge in [-0.25, -0.2) is 0 Å². The Hall–Kier alpha value is -0.570. The van der Waals surface area contributed by atoms with Gasteiger partial charge in [0.05, 0.1) is 0 Å². The number of nitrogens with zero attached hydrogens (tertiary/aromatic N) is 1. The second kappa shape index (κ2) is 7.88. The molecule has 19 heavy (non-hydrogen) atoms. The van der Waals surface area contributed by atoms with Gasteiger partial charge in [0.2, 0.25) is 0 Å². The highest BCUT2D eigenvalue weighted by Crippen LogP contribution is 2.18. The molecule has 0 spiro atoms. The maximum absolute atomic E-state index is 6.18. The summed E-state index contributed by atoms with van der Waals surface area (Å²) in [7, 11) is 2.17. The number of nitrogens with one attached hydrogen (secondary N) is 1. The lowest BCUT2D eigenvalue weighted by Gasteiger charge is -2.18. The number of hydrogen-bond acceptors (Lipinski definition) is 2. The van der Waals surface area contributed by atoms with Crippen molar-refractivity contribution < 1.29 is 0 Å². The molecule has 0 radical (unpaired) electrons. The molecular formula is C16H25ClN2. The third-order valence-electron chi connectivity index (χ3n) is 3.90. The van der Waals surface area contributed by atoms with Gasteiger partial charge in [0.1, 0.15) is 0 Å². The van der Waals surface area contributed by atoms with E-state index in [9.17, 15) is 0 Å². The summed E-state index contributed by atoms with van der Waals surface area (Å²) < 4.78 is 0. The summed E-state index contributed by atoms with van der Waals surface area (Å²) in [6.07, 6.45) is 6.76. The normalized spacial score (nSPS) is 16.4. The molecule has 0 atom stereocenters. The van der Waals surface area contributed by atoms with Gasteiger partial charge in [0, 0.05) is 17.6 Å². The Labute approximate surface area is 122 Å². The van der Waals surface area contributed by atoms with Crippen LogP contribution in [0.2, 0.25) is 5.02 Å². The van der Waals surface area contributed by atoms with Gasteiger partial charge in [0.15, 0.2) is 0 Å². The molecule has 0 saturated heterocycles. The van der Waals surface area contributed by atoms with Crippen molar-refractivity contribution in [2.45, 2.75) is 44.7 Å². The van der Waals surface area contributed by atoms with Crippen molar-refractivity contribution in [1.82, 2.24) is 10.2 Å². The lowest BCUT2D eigenvalue weighted by atomic mass is 10.2. The molecule has 106 valence electrons. The maximum Gasteiger partial charge on any atom is 0.0451 e. The first kappa shape index (κ1) is 14.8. The summed E-state index contributed by atoms with van der Waals surface area (Å²) in [6, 6.07) is 8.89. The van der Waals surface area contributed by atoms with E-state index in [1.54, 1.807) is 0 Å². The van der Waals surface area contributed by atoms with Crippen LogP contribution in [0.1, 0.15) is 37.7 Å². The highest BCUT2D eigenvalue weighted by atomic mass is 35.5. The van der Waals surface area contributed by atoms with Crippen LogP contribution in [-0.4, -0.2) is 31.1 Å². The Bertz CT molecular complexity index is 375. The molecule has 1 fully saturated rings. The topological polar surface area (TPSA) is 15.3 Å². The summed E-state index contributed by atoms with van der Waals surface area (Å²) in [5.74, 6) is 0. The zero-order valence-electron chi connectivity index (χ0n) is 11.9. The fraction of sp³-hybridized carbons (Fsp3) is 0.625. The first-order valence-electron chi connectivity index (χ1n) is 7.41. The molecule has 1 saturated carbocycles. The third-order valence-corrected chi connectivity index (χ3v) is 4.27. The number of benzene rings is 1. The van der Waals surface area contributed by atoms with E-state index in [0.717, 1.165) is 30.7 Å². The minimum atomic E-state index is 0.786. The SMILES string of the molecule is CN(CCCNC1CCCC1)Cc1ccccc1Cl. The van der Waals surface area contributed by atoms with E-state index in [2.05, 4.69) is 29.4 Å². The summed E-state index contributed by atoms with van der Waals surface area (Å²) in [4.78, 5) is 2.34. The van der Waals surface area contributed by atoms with Gasteiger partial charge < -0.3 is 10.2 Å². The van der Waals surface area contributed by atoms with Crippen LogP contribution in [0.15, 0.2) is 24.3 Å². The molecule has 0 unspecified atom stereocenters. The van der Waals surface area contributed by atoms with E-state index in [0.29, 0.717) is 0 Å². The van der Waals surface area contributed by atoms with Gasteiger partial charge in [-0.2, -0.15) is 0 Å². The molecule has 0 bridgehead atoms. The average Bonchev–Trinajstić information content (AvgIpc) is 2.91. The van der Waals surface area contributed by atoms with Gasteiger partial charge in [-0.15, -0.1) is 0 Å².